The van der Waals surface area contributed by atoms with Crippen LogP contribution in [0.5, 0.6) is 11.5 Å². The minimum absolute atomic E-state index is 0.146. The number of thioether (sulfide) groups is 2. The average Bonchev–Trinajstić information content (AvgIpc) is 3.14. The number of hydrogen-bond donors (Lipinski definition) is 1. The van der Waals surface area contributed by atoms with Crippen LogP contribution in [0.15, 0.2) is 48.5 Å². The van der Waals surface area contributed by atoms with Crippen molar-refractivity contribution in [3.05, 3.63) is 59.7 Å². The van der Waals surface area contributed by atoms with Gasteiger partial charge in [-0.25, -0.2) is 0 Å². The summed E-state index contributed by atoms with van der Waals surface area (Å²) >= 11 is 4.25. The molecule has 0 bridgehead atoms. The maximum atomic E-state index is 9.47. The quantitative estimate of drug-likeness (QED) is 0.722. The van der Waals surface area contributed by atoms with Gasteiger partial charge in [0.2, 0.25) is 0 Å². The topological polar surface area (TPSA) is 38.7 Å². The molecule has 2 aromatic carbocycles. The van der Waals surface area contributed by atoms with E-state index in [1.807, 2.05) is 24.3 Å². The van der Waals surface area contributed by atoms with Gasteiger partial charge < -0.3 is 14.6 Å². The molecule has 3 nitrogen and oxygen atoms in total. The van der Waals surface area contributed by atoms with Gasteiger partial charge in [-0.3, -0.25) is 0 Å². The predicted molar refractivity (Wildman–Crippen MR) is 114 cm³/mol. The van der Waals surface area contributed by atoms with Crippen LogP contribution in [-0.2, 0) is 11.2 Å². The first-order valence-corrected chi connectivity index (χ1v) is 11.5. The van der Waals surface area contributed by atoms with E-state index in [0.717, 1.165) is 31.4 Å². The molecule has 2 aliphatic rings. The Labute approximate surface area is 169 Å². The molecule has 0 radical (unpaired) electrons. The van der Waals surface area contributed by atoms with Crippen molar-refractivity contribution in [1.29, 1.82) is 0 Å². The lowest BCUT2D eigenvalue weighted by Gasteiger charge is -2.41. The molecule has 27 heavy (non-hydrogen) atoms. The van der Waals surface area contributed by atoms with Crippen molar-refractivity contribution >= 4 is 23.5 Å². The summed E-state index contributed by atoms with van der Waals surface area (Å²) in [7, 11) is 1.70. The van der Waals surface area contributed by atoms with Crippen molar-refractivity contribution in [2.75, 3.05) is 18.6 Å². The van der Waals surface area contributed by atoms with Crippen LogP contribution < -0.4 is 4.74 Å². The van der Waals surface area contributed by atoms with Crippen LogP contribution in [0.3, 0.4) is 0 Å². The van der Waals surface area contributed by atoms with Crippen LogP contribution in [-0.4, -0.2) is 33.9 Å². The van der Waals surface area contributed by atoms with Crippen LogP contribution in [0.25, 0.3) is 0 Å². The highest BCUT2D eigenvalue weighted by atomic mass is 32.2. The van der Waals surface area contributed by atoms with Crippen molar-refractivity contribution in [2.45, 2.75) is 42.0 Å². The lowest BCUT2D eigenvalue weighted by atomic mass is 9.94. The Morgan fingerprint density at radius 1 is 1.04 bits per heavy atom. The van der Waals surface area contributed by atoms with E-state index in [-0.39, 0.29) is 12.2 Å². The third-order valence-corrected chi connectivity index (χ3v) is 8.89. The van der Waals surface area contributed by atoms with Crippen LogP contribution in [0.4, 0.5) is 0 Å². The highest BCUT2D eigenvalue weighted by Gasteiger charge is 2.44. The molecule has 0 saturated carbocycles. The zero-order valence-electron chi connectivity index (χ0n) is 15.6. The maximum absolute atomic E-state index is 9.47. The van der Waals surface area contributed by atoms with Crippen molar-refractivity contribution < 1.29 is 14.6 Å². The number of aryl methyl sites for hydroxylation is 1. The van der Waals surface area contributed by atoms with E-state index in [4.69, 9.17) is 9.47 Å². The Balaban J connectivity index is 1.47. The van der Waals surface area contributed by atoms with E-state index in [2.05, 4.69) is 35.7 Å². The molecule has 2 atom stereocenters. The molecule has 2 aromatic rings. The van der Waals surface area contributed by atoms with Crippen molar-refractivity contribution in [3.8, 4) is 11.5 Å². The Bertz CT molecular complexity index is 739. The lowest BCUT2D eigenvalue weighted by Crippen LogP contribution is -2.36. The van der Waals surface area contributed by atoms with Gasteiger partial charge >= 0.3 is 0 Å². The monoisotopic (exact) mass is 402 g/mol. The molecule has 0 unspecified atom stereocenters. The molecular formula is C22H26O3S2. The van der Waals surface area contributed by atoms with E-state index in [1.165, 1.54) is 22.6 Å². The molecular weight excluding hydrogens is 376 g/mol. The molecule has 1 spiro atoms. The zero-order chi connectivity index (χ0) is 18.7. The minimum atomic E-state index is 0.146. The Hall–Kier alpha value is -1.30. The highest BCUT2D eigenvalue weighted by molar-refractivity contribution is 8.21. The van der Waals surface area contributed by atoms with Gasteiger partial charge in [-0.2, -0.15) is 0 Å². The summed E-state index contributed by atoms with van der Waals surface area (Å²) < 4.78 is 12.2. The molecule has 4 rings (SSSR count). The summed E-state index contributed by atoms with van der Waals surface area (Å²) in [6.07, 6.45) is 4.59. The number of phenols is 1. The second-order valence-electron chi connectivity index (χ2n) is 7.24. The van der Waals surface area contributed by atoms with E-state index in [0.29, 0.717) is 9.83 Å². The smallest absolute Gasteiger partial charge is 0.118 e. The third kappa shape index (κ3) is 4.58. The Morgan fingerprint density at radius 3 is 2.41 bits per heavy atom. The van der Waals surface area contributed by atoms with Gasteiger partial charge in [-0.1, -0.05) is 24.3 Å². The van der Waals surface area contributed by atoms with Crippen LogP contribution in [0.1, 0.15) is 36.5 Å². The largest absolute Gasteiger partial charge is 0.508 e. The number of benzene rings is 2. The van der Waals surface area contributed by atoms with Gasteiger partial charge in [-0.15, -0.1) is 23.5 Å². The highest BCUT2D eigenvalue weighted by Crippen LogP contribution is 2.56. The molecule has 144 valence electrons. The van der Waals surface area contributed by atoms with Crippen molar-refractivity contribution in [3.63, 3.8) is 0 Å². The van der Waals surface area contributed by atoms with Gasteiger partial charge in [0.05, 0.1) is 23.4 Å². The summed E-state index contributed by atoms with van der Waals surface area (Å²) in [5.74, 6) is 3.69. The summed E-state index contributed by atoms with van der Waals surface area (Å²) in [5, 5.41) is 9.47. The summed E-state index contributed by atoms with van der Waals surface area (Å²) in [4.78, 5) is 0. The molecule has 0 aliphatic carbocycles. The zero-order valence-corrected chi connectivity index (χ0v) is 17.2. The normalized spacial score (nSPS) is 24.2. The standard InChI is InChI=1S/C22H26O3S2/c1-24-19-10-5-17(6-11-19)21-15-22(26-12-13-27-22)14-20(25-21)9-4-16-2-7-18(23)8-3-16/h2-3,5-8,10-11,20-21,23H,4,9,12-15H2,1H3/t20-,21-/m0/s1. The SMILES string of the molecule is COc1ccc([C@@H]2CC3(C[C@H](CCc4ccc(O)cc4)O2)SCCS3)cc1. The first-order chi connectivity index (χ1) is 13.2. The summed E-state index contributed by atoms with van der Waals surface area (Å²) in [6.45, 7) is 0. The van der Waals surface area contributed by atoms with Crippen LogP contribution in [0.2, 0.25) is 0 Å². The van der Waals surface area contributed by atoms with Gasteiger partial charge in [0, 0.05) is 17.9 Å². The van der Waals surface area contributed by atoms with Crippen LogP contribution in [0, 0.1) is 0 Å². The van der Waals surface area contributed by atoms with E-state index < -0.39 is 0 Å². The number of rotatable bonds is 5. The average molecular weight is 403 g/mol. The van der Waals surface area contributed by atoms with Gasteiger partial charge in [0.1, 0.15) is 11.5 Å². The number of aromatic hydroxyl groups is 1. The molecule has 5 heteroatoms. The number of ether oxygens (including phenoxy) is 2. The van der Waals surface area contributed by atoms with E-state index in [1.54, 1.807) is 19.2 Å². The van der Waals surface area contributed by atoms with Crippen molar-refractivity contribution in [1.82, 2.24) is 0 Å². The van der Waals surface area contributed by atoms with Gasteiger partial charge in [-0.05, 0) is 54.7 Å². The fraction of sp³-hybridized carbons (Fsp3) is 0.455. The van der Waals surface area contributed by atoms with E-state index >= 15 is 0 Å². The Morgan fingerprint density at radius 2 is 1.74 bits per heavy atom. The molecule has 0 aromatic heterocycles. The van der Waals surface area contributed by atoms with E-state index in [9.17, 15) is 5.11 Å². The molecule has 2 heterocycles. The first-order valence-electron chi connectivity index (χ1n) is 9.51. The number of hydrogen-bond acceptors (Lipinski definition) is 5. The second-order valence-corrected chi connectivity index (χ2v) is 10.5. The predicted octanol–water partition coefficient (Wildman–Crippen LogP) is 5.43. The second kappa shape index (κ2) is 8.38. The summed E-state index contributed by atoms with van der Waals surface area (Å²) in [5.41, 5.74) is 2.50. The lowest BCUT2D eigenvalue weighted by molar-refractivity contribution is -0.0559. The van der Waals surface area contributed by atoms with Gasteiger partial charge in [0.25, 0.3) is 0 Å². The number of methoxy groups -OCH3 is 1. The maximum Gasteiger partial charge on any atom is 0.118 e. The molecule has 2 saturated heterocycles. The van der Waals surface area contributed by atoms with Crippen LogP contribution >= 0.6 is 23.5 Å². The molecule has 1 N–H and O–H groups in total. The third-order valence-electron chi connectivity index (χ3n) is 5.38. The minimum Gasteiger partial charge on any atom is -0.508 e. The Kier molecular flexibility index (Phi) is 5.90. The summed E-state index contributed by atoms with van der Waals surface area (Å²) in [6, 6.07) is 15.9. The molecule has 2 fully saturated rings. The molecule has 0 amide bonds. The fourth-order valence-electron chi connectivity index (χ4n) is 3.95. The molecule has 2 aliphatic heterocycles. The van der Waals surface area contributed by atoms with Gasteiger partial charge in [0.15, 0.2) is 0 Å². The van der Waals surface area contributed by atoms with Crippen molar-refractivity contribution in [2.24, 2.45) is 0 Å². The first kappa shape index (κ1) is 19.0. The fourth-order valence-corrected chi connectivity index (χ4v) is 7.34. The number of phenolic OH excluding ortho intramolecular Hbond substituents is 1.